The summed E-state index contributed by atoms with van der Waals surface area (Å²) in [6.45, 7) is 4.67. The van der Waals surface area contributed by atoms with E-state index >= 15 is 0 Å². The fourth-order valence-corrected chi connectivity index (χ4v) is 6.30. The van der Waals surface area contributed by atoms with Crippen molar-refractivity contribution in [2.75, 3.05) is 47.5 Å². The van der Waals surface area contributed by atoms with Gasteiger partial charge in [-0.15, -0.1) is 0 Å². The second kappa shape index (κ2) is 37.2. The minimum absolute atomic E-state index is 0.0107. The summed E-state index contributed by atoms with van der Waals surface area (Å²) in [4.78, 5) is 25.0. The van der Waals surface area contributed by atoms with Crippen LogP contribution in [0.4, 0.5) is 0 Å². The second-order valence-corrected chi connectivity index (χ2v) is 16.8. The minimum atomic E-state index is -4.54. The van der Waals surface area contributed by atoms with Gasteiger partial charge in [-0.3, -0.25) is 9.36 Å². The molecular formula is C44H82NO7P. The number of phosphoric acid groups is 1. The molecule has 0 aromatic carbocycles. The highest BCUT2D eigenvalue weighted by Crippen LogP contribution is 2.38. The van der Waals surface area contributed by atoms with Gasteiger partial charge in [0.2, 0.25) is 0 Å². The molecule has 0 N–H and O–H groups in total. The number of rotatable bonds is 39. The molecule has 310 valence electrons. The summed E-state index contributed by atoms with van der Waals surface area (Å²) in [5, 5.41) is 0. The van der Waals surface area contributed by atoms with Gasteiger partial charge in [0.15, 0.2) is 6.10 Å². The van der Waals surface area contributed by atoms with Gasteiger partial charge in [-0.05, 0) is 63.9 Å². The van der Waals surface area contributed by atoms with E-state index in [1.54, 1.807) is 6.26 Å². The van der Waals surface area contributed by atoms with Crippen molar-refractivity contribution < 1.29 is 37.3 Å². The average Bonchev–Trinajstić information content (AvgIpc) is 3.11. The number of hydrogen-bond donors (Lipinski definition) is 0. The van der Waals surface area contributed by atoms with E-state index in [0.717, 1.165) is 57.8 Å². The van der Waals surface area contributed by atoms with E-state index in [2.05, 4.69) is 50.3 Å². The highest BCUT2D eigenvalue weighted by molar-refractivity contribution is 7.45. The predicted octanol–water partition coefficient (Wildman–Crippen LogP) is 12.1. The van der Waals surface area contributed by atoms with Gasteiger partial charge in [-0.2, -0.15) is 0 Å². The largest absolute Gasteiger partial charge is 0.756 e. The number of hydrogen-bond acceptors (Lipinski definition) is 7. The lowest BCUT2D eigenvalue weighted by Gasteiger charge is -2.28. The molecule has 0 aromatic rings. The van der Waals surface area contributed by atoms with E-state index in [1.165, 1.54) is 96.3 Å². The first-order valence-electron chi connectivity index (χ1n) is 21.4. The molecule has 0 aliphatic carbocycles. The van der Waals surface area contributed by atoms with Crippen LogP contribution in [0, 0.1) is 0 Å². The fraction of sp³-hybridized carbons (Fsp3) is 0.795. The first-order chi connectivity index (χ1) is 25.6. The summed E-state index contributed by atoms with van der Waals surface area (Å²) in [7, 11) is 1.31. The van der Waals surface area contributed by atoms with Crippen molar-refractivity contribution >= 4 is 13.8 Å². The smallest absolute Gasteiger partial charge is 0.306 e. The zero-order chi connectivity index (χ0) is 39.1. The number of quaternary nitrogens is 1. The summed E-state index contributed by atoms with van der Waals surface area (Å²) >= 11 is 0. The van der Waals surface area contributed by atoms with Crippen LogP contribution in [-0.4, -0.2) is 64.1 Å². The molecule has 0 aromatic heterocycles. The number of unbranched alkanes of at least 4 members (excludes halogenated alkanes) is 19. The van der Waals surface area contributed by atoms with Crippen LogP contribution < -0.4 is 4.89 Å². The van der Waals surface area contributed by atoms with E-state index in [-0.39, 0.29) is 32.2 Å². The lowest BCUT2D eigenvalue weighted by atomic mass is 10.0. The third-order valence-electron chi connectivity index (χ3n) is 8.95. The molecule has 0 radical (unpaired) electrons. The maximum absolute atomic E-state index is 12.6. The molecule has 53 heavy (non-hydrogen) atoms. The Morgan fingerprint density at radius 3 is 1.60 bits per heavy atom. The predicted molar refractivity (Wildman–Crippen MR) is 222 cm³/mol. The summed E-state index contributed by atoms with van der Waals surface area (Å²) in [5.74, 6) is -0.378. The Morgan fingerprint density at radius 1 is 0.604 bits per heavy atom. The van der Waals surface area contributed by atoms with E-state index in [9.17, 15) is 14.3 Å². The zero-order valence-corrected chi connectivity index (χ0v) is 35.8. The maximum atomic E-state index is 12.6. The molecule has 0 aliphatic rings. The molecule has 0 saturated carbocycles. The molecule has 0 bridgehead atoms. The van der Waals surface area contributed by atoms with Crippen molar-refractivity contribution in [2.24, 2.45) is 0 Å². The monoisotopic (exact) mass is 768 g/mol. The van der Waals surface area contributed by atoms with Crippen LogP contribution >= 0.6 is 7.82 Å². The number of carbonyl (C=O) groups excluding carboxylic acids is 1. The average molecular weight is 768 g/mol. The summed E-state index contributed by atoms with van der Waals surface area (Å²) in [6.07, 6.45) is 44.9. The maximum Gasteiger partial charge on any atom is 0.306 e. The Bertz CT molecular complexity index is 989. The van der Waals surface area contributed by atoms with Crippen LogP contribution in [0.3, 0.4) is 0 Å². The fourth-order valence-electron chi connectivity index (χ4n) is 5.58. The first kappa shape index (κ1) is 51.3. The minimum Gasteiger partial charge on any atom is -0.756 e. The van der Waals surface area contributed by atoms with Crippen LogP contribution in [0.15, 0.2) is 48.8 Å². The van der Waals surface area contributed by atoms with Gasteiger partial charge in [0.25, 0.3) is 7.82 Å². The quantitative estimate of drug-likeness (QED) is 0.0153. The standard InChI is InChI=1S/C44H82NO7P/c1-6-8-10-12-14-16-18-20-22-23-24-25-27-29-31-33-35-37-44(46)52-43(42-51-53(47,48)50-40-38-45(3,4)5)41-49-39-36-34-32-30-28-26-21-19-17-15-13-11-9-7-2/h14,16,20,22,24-25,36,39,43H,6-13,15,17-19,21,23,26-35,37-38,40-42H2,1-5H3/b16-14-,22-20-,25-24-,39-36-/t43-/m1/s1. The van der Waals surface area contributed by atoms with Crippen molar-refractivity contribution in [1.29, 1.82) is 0 Å². The molecule has 9 heteroatoms. The lowest BCUT2D eigenvalue weighted by molar-refractivity contribution is -0.870. The van der Waals surface area contributed by atoms with Crippen LogP contribution in [0.25, 0.3) is 0 Å². The molecule has 0 amide bonds. The van der Waals surface area contributed by atoms with Crippen LogP contribution in [0.5, 0.6) is 0 Å². The number of phosphoric ester groups is 1. The van der Waals surface area contributed by atoms with Crippen LogP contribution in [0.2, 0.25) is 0 Å². The van der Waals surface area contributed by atoms with Gasteiger partial charge in [0.1, 0.15) is 19.8 Å². The van der Waals surface area contributed by atoms with Crippen molar-refractivity contribution in [3.05, 3.63) is 48.8 Å². The van der Waals surface area contributed by atoms with Gasteiger partial charge >= 0.3 is 5.97 Å². The number of nitrogens with zero attached hydrogens (tertiary/aromatic N) is 1. The first-order valence-corrected chi connectivity index (χ1v) is 22.9. The zero-order valence-electron chi connectivity index (χ0n) is 35.0. The molecule has 0 aliphatic heterocycles. The van der Waals surface area contributed by atoms with Crippen molar-refractivity contribution in [2.45, 2.75) is 180 Å². The molecule has 2 atom stereocenters. The third kappa shape index (κ3) is 41.3. The lowest BCUT2D eigenvalue weighted by Crippen LogP contribution is -2.37. The normalized spacial score (nSPS) is 14.2. The van der Waals surface area contributed by atoms with E-state index in [4.69, 9.17) is 18.5 Å². The number of carbonyl (C=O) groups is 1. The van der Waals surface area contributed by atoms with Gasteiger partial charge in [-0.25, -0.2) is 0 Å². The number of ether oxygens (including phenoxy) is 2. The van der Waals surface area contributed by atoms with Crippen molar-refractivity contribution in [1.82, 2.24) is 0 Å². The molecule has 0 fully saturated rings. The van der Waals surface area contributed by atoms with E-state index in [0.29, 0.717) is 11.0 Å². The Labute approximate surface area is 327 Å². The molecule has 8 nitrogen and oxygen atoms in total. The SMILES string of the molecule is CCCCC/C=C\C/C=C\C/C=C\CCCCCCC(=O)O[C@H](CO/C=C\CCCCCCCCCCCCCC)COP(=O)([O-])OCC[N+](C)(C)C. The Morgan fingerprint density at radius 2 is 1.06 bits per heavy atom. The Balaban J connectivity index is 4.36. The van der Waals surface area contributed by atoms with Gasteiger partial charge in [-0.1, -0.05) is 147 Å². The Kier molecular flexibility index (Phi) is 36.0. The molecular weight excluding hydrogens is 685 g/mol. The molecule has 0 heterocycles. The van der Waals surface area contributed by atoms with E-state index < -0.39 is 13.9 Å². The van der Waals surface area contributed by atoms with Crippen LogP contribution in [0.1, 0.15) is 174 Å². The van der Waals surface area contributed by atoms with E-state index in [1.807, 2.05) is 27.2 Å². The molecule has 0 saturated heterocycles. The number of likely N-dealkylation sites (N-methyl/N-ethyl adjacent to an activating group) is 1. The summed E-state index contributed by atoms with van der Waals surface area (Å²) < 4.78 is 34.3. The molecule has 1 unspecified atom stereocenters. The topological polar surface area (TPSA) is 94.1 Å². The third-order valence-corrected chi connectivity index (χ3v) is 9.91. The van der Waals surface area contributed by atoms with Gasteiger partial charge < -0.3 is 27.9 Å². The highest BCUT2D eigenvalue weighted by Gasteiger charge is 2.20. The molecule has 0 spiro atoms. The number of allylic oxidation sites excluding steroid dienone is 7. The van der Waals surface area contributed by atoms with Gasteiger partial charge in [0.05, 0.1) is 34.0 Å². The van der Waals surface area contributed by atoms with Crippen molar-refractivity contribution in [3.8, 4) is 0 Å². The summed E-state index contributed by atoms with van der Waals surface area (Å²) in [5.41, 5.74) is 0. The van der Waals surface area contributed by atoms with Gasteiger partial charge in [0, 0.05) is 6.42 Å². The highest BCUT2D eigenvalue weighted by atomic mass is 31.2. The van der Waals surface area contributed by atoms with Crippen LogP contribution in [-0.2, 0) is 27.9 Å². The second-order valence-electron chi connectivity index (χ2n) is 15.4. The Hall–Kier alpha value is -1.70. The number of esters is 1. The van der Waals surface area contributed by atoms with Crippen molar-refractivity contribution in [3.63, 3.8) is 0 Å². The molecule has 0 rings (SSSR count). The summed E-state index contributed by atoms with van der Waals surface area (Å²) in [6, 6.07) is 0.